The van der Waals surface area contributed by atoms with Gasteiger partial charge in [0.05, 0.1) is 15.7 Å². The minimum atomic E-state index is -3.37. The van der Waals surface area contributed by atoms with Gasteiger partial charge in [0, 0.05) is 41.3 Å². The van der Waals surface area contributed by atoms with Crippen LogP contribution in [0.15, 0.2) is 83.9 Å². The molecule has 1 unspecified atom stereocenters. The highest BCUT2D eigenvalue weighted by Crippen LogP contribution is 2.32. The van der Waals surface area contributed by atoms with Gasteiger partial charge in [0.2, 0.25) is 0 Å². The SMILES string of the molecule is CC(Cc1cc(-c2cccc(/C=C(/C(=O)NC3CC3)c3ccc(S(C)(=O)=O)cc3)c2)c2ncccc2c1)S(C)(=O)=O. The topological polar surface area (TPSA) is 110 Å². The summed E-state index contributed by atoms with van der Waals surface area (Å²) in [7, 11) is -6.56. The van der Waals surface area contributed by atoms with Crippen molar-refractivity contribution in [2.45, 2.75) is 42.4 Å². The largest absolute Gasteiger partial charge is 0.349 e. The van der Waals surface area contributed by atoms with Crippen LogP contribution in [0.4, 0.5) is 0 Å². The van der Waals surface area contributed by atoms with Crippen LogP contribution in [0.3, 0.4) is 0 Å². The quantitative estimate of drug-likeness (QED) is 0.215. The van der Waals surface area contributed by atoms with Gasteiger partial charge >= 0.3 is 0 Å². The van der Waals surface area contributed by atoms with E-state index in [2.05, 4.69) is 10.3 Å². The second-order valence-corrected chi connectivity index (χ2v) is 15.3. The molecule has 9 heteroatoms. The first kappa shape index (κ1) is 28.7. The van der Waals surface area contributed by atoms with Gasteiger partial charge in [0.1, 0.15) is 9.84 Å². The molecule has 212 valence electrons. The van der Waals surface area contributed by atoms with Gasteiger partial charge in [0.15, 0.2) is 9.84 Å². The number of fused-ring (bicyclic) bond motifs is 1. The van der Waals surface area contributed by atoms with E-state index < -0.39 is 24.9 Å². The summed E-state index contributed by atoms with van der Waals surface area (Å²) in [5, 5.41) is 3.43. The monoisotopic (exact) mass is 588 g/mol. The van der Waals surface area contributed by atoms with Crippen LogP contribution in [0, 0.1) is 0 Å². The van der Waals surface area contributed by atoms with Crippen molar-refractivity contribution in [1.82, 2.24) is 10.3 Å². The Labute approximate surface area is 241 Å². The third kappa shape index (κ3) is 6.92. The number of hydrogen-bond donors (Lipinski definition) is 1. The molecule has 7 nitrogen and oxygen atoms in total. The predicted molar refractivity (Wildman–Crippen MR) is 164 cm³/mol. The molecule has 1 amide bonds. The summed E-state index contributed by atoms with van der Waals surface area (Å²) >= 11 is 0. The zero-order chi connectivity index (χ0) is 29.4. The minimum absolute atomic E-state index is 0.155. The molecule has 0 spiro atoms. The van der Waals surface area contributed by atoms with Gasteiger partial charge in [-0.25, -0.2) is 16.8 Å². The molecule has 0 saturated heterocycles. The lowest BCUT2D eigenvalue weighted by atomic mass is 9.95. The van der Waals surface area contributed by atoms with Crippen molar-refractivity contribution in [3.05, 3.63) is 95.7 Å². The lowest BCUT2D eigenvalue weighted by Gasteiger charge is -2.14. The van der Waals surface area contributed by atoms with Crippen molar-refractivity contribution in [2.24, 2.45) is 0 Å². The molecule has 1 N–H and O–H groups in total. The summed E-state index contributed by atoms with van der Waals surface area (Å²) in [6.07, 6.45) is 8.20. The van der Waals surface area contributed by atoms with Crippen LogP contribution in [0.5, 0.6) is 0 Å². The van der Waals surface area contributed by atoms with Gasteiger partial charge in [-0.15, -0.1) is 0 Å². The molecule has 1 atom stereocenters. The summed E-state index contributed by atoms with van der Waals surface area (Å²) in [4.78, 5) is 18.1. The standard InChI is InChI=1S/C32H32N2O5S2/c1-21(40(2,36)37)16-23-18-26-8-5-15-33-31(26)29(20-23)25-7-4-6-22(17-25)19-30(32(35)34-27-11-12-27)24-9-13-28(14-10-24)41(3,38)39/h4-10,13-15,17-21,27H,11-12,16H2,1-3H3,(H,34,35)/b30-19+. The van der Waals surface area contributed by atoms with Crippen molar-refractivity contribution in [1.29, 1.82) is 0 Å². The first-order valence-electron chi connectivity index (χ1n) is 13.4. The van der Waals surface area contributed by atoms with E-state index in [0.29, 0.717) is 17.6 Å². The molecule has 1 aliphatic rings. The number of rotatable bonds is 9. The molecule has 5 rings (SSSR count). The summed E-state index contributed by atoms with van der Waals surface area (Å²) < 4.78 is 48.2. The Morgan fingerprint density at radius 2 is 1.71 bits per heavy atom. The highest BCUT2D eigenvalue weighted by atomic mass is 32.2. The average Bonchev–Trinajstić information content (AvgIpc) is 3.74. The van der Waals surface area contributed by atoms with Crippen molar-refractivity contribution in [2.75, 3.05) is 12.5 Å². The van der Waals surface area contributed by atoms with Gasteiger partial charge in [-0.3, -0.25) is 9.78 Å². The number of carbonyl (C=O) groups excluding carboxylic acids is 1. The molecule has 1 aromatic heterocycles. The third-order valence-corrected chi connectivity index (χ3v) is 10.0. The highest BCUT2D eigenvalue weighted by Gasteiger charge is 2.25. The fraction of sp³-hybridized carbons (Fsp3) is 0.250. The first-order valence-corrected chi connectivity index (χ1v) is 17.2. The normalized spacial score (nSPS) is 15.0. The highest BCUT2D eigenvalue weighted by molar-refractivity contribution is 7.91. The van der Waals surface area contributed by atoms with Crippen molar-refractivity contribution in [3.63, 3.8) is 0 Å². The number of benzene rings is 3. The lowest BCUT2D eigenvalue weighted by Crippen LogP contribution is -2.26. The summed E-state index contributed by atoms with van der Waals surface area (Å²) in [5.74, 6) is -0.214. The van der Waals surface area contributed by atoms with Crippen LogP contribution in [-0.2, 0) is 30.9 Å². The Hall–Kier alpha value is -3.82. The van der Waals surface area contributed by atoms with Crippen LogP contribution in [0.1, 0.15) is 36.5 Å². The minimum Gasteiger partial charge on any atom is -0.349 e. The number of carbonyl (C=O) groups is 1. The smallest absolute Gasteiger partial charge is 0.252 e. The molecule has 1 saturated carbocycles. The summed E-state index contributed by atoms with van der Waals surface area (Å²) in [6, 6.07) is 22.0. The Balaban J connectivity index is 1.58. The second kappa shape index (κ2) is 11.2. The molecule has 0 bridgehead atoms. The maximum Gasteiger partial charge on any atom is 0.252 e. The number of sulfone groups is 2. The van der Waals surface area contributed by atoms with Crippen LogP contribution in [-0.4, -0.2) is 51.5 Å². The van der Waals surface area contributed by atoms with Crippen LogP contribution >= 0.6 is 0 Å². The maximum atomic E-state index is 13.3. The number of aromatic nitrogens is 1. The van der Waals surface area contributed by atoms with Crippen LogP contribution < -0.4 is 5.32 Å². The third-order valence-electron chi connectivity index (χ3n) is 7.28. The van der Waals surface area contributed by atoms with Crippen molar-refractivity contribution in [3.8, 4) is 11.1 Å². The lowest BCUT2D eigenvalue weighted by molar-refractivity contribution is -0.115. The van der Waals surface area contributed by atoms with Gasteiger partial charge < -0.3 is 5.32 Å². The fourth-order valence-electron chi connectivity index (χ4n) is 4.69. The summed E-state index contributed by atoms with van der Waals surface area (Å²) in [5.41, 5.74) is 5.29. The van der Waals surface area contributed by atoms with E-state index >= 15 is 0 Å². The van der Waals surface area contributed by atoms with Gasteiger partial charge in [-0.1, -0.05) is 36.4 Å². The van der Waals surface area contributed by atoms with Crippen LogP contribution in [0.2, 0.25) is 0 Å². The Morgan fingerprint density at radius 3 is 2.37 bits per heavy atom. The van der Waals surface area contributed by atoms with Crippen LogP contribution in [0.25, 0.3) is 33.7 Å². The van der Waals surface area contributed by atoms with E-state index in [0.717, 1.165) is 52.3 Å². The molecule has 1 fully saturated rings. The van der Waals surface area contributed by atoms with E-state index in [4.69, 9.17) is 0 Å². The molecular formula is C32H32N2O5S2. The van der Waals surface area contributed by atoms with Gasteiger partial charge in [0.25, 0.3) is 5.91 Å². The molecule has 1 heterocycles. The van der Waals surface area contributed by atoms with E-state index in [1.54, 1.807) is 25.3 Å². The predicted octanol–water partition coefficient (Wildman–Crippen LogP) is 5.10. The van der Waals surface area contributed by atoms with E-state index in [1.165, 1.54) is 18.4 Å². The molecule has 3 aromatic carbocycles. The Bertz CT molecular complexity index is 1880. The van der Waals surface area contributed by atoms with Gasteiger partial charge in [-0.2, -0.15) is 0 Å². The van der Waals surface area contributed by atoms with Gasteiger partial charge in [-0.05, 0) is 90.9 Å². The van der Waals surface area contributed by atoms with E-state index in [-0.39, 0.29) is 16.8 Å². The average molecular weight is 589 g/mol. The van der Waals surface area contributed by atoms with Crippen molar-refractivity contribution >= 4 is 48.1 Å². The number of nitrogens with zero attached hydrogens (tertiary/aromatic N) is 1. The Kier molecular flexibility index (Phi) is 7.85. The number of hydrogen-bond acceptors (Lipinski definition) is 6. The molecule has 0 radical (unpaired) electrons. The second-order valence-electron chi connectivity index (χ2n) is 10.8. The van der Waals surface area contributed by atoms with Crippen molar-refractivity contribution < 1.29 is 21.6 Å². The summed E-state index contributed by atoms with van der Waals surface area (Å²) in [6.45, 7) is 1.71. The fourth-order valence-corrected chi connectivity index (χ4v) is 5.82. The van der Waals surface area contributed by atoms with E-state index in [1.807, 2.05) is 54.6 Å². The number of pyridine rings is 1. The zero-order valence-corrected chi connectivity index (χ0v) is 24.8. The Morgan fingerprint density at radius 1 is 0.976 bits per heavy atom. The molecule has 41 heavy (non-hydrogen) atoms. The number of amides is 1. The first-order chi connectivity index (χ1) is 19.4. The molecule has 4 aromatic rings. The maximum absolute atomic E-state index is 13.3. The molecule has 1 aliphatic carbocycles. The molecular weight excluding hydrogens is 556 g/mol. The van der Waals surface area contributed by atoms with E-state index in [9.17, 15) is 21.6 Å². The number of nitrogens with one attached hydrogen (secondary N) is 1. The molecule has 0 aliphatic heterocycles. The zero-order valence-electron chi connectivity index (χ0n) is 23.2.